The number of fused-ring (bicyclic) bond motifs is 1. The molecule has 2 aromatic carbocycles. The molecule has 1 N–H and O–H groups in total. The highest BCUT2D eigenvalue weighted by Crippen LogP contribution is 2.26. The number of aliphatic imine (C=N–C) groups is 1. The van der Waals surface area contributed by atoms with Crippen LogP contribution in [0.4, 0.5) is 0 Å². The lowest BCUT2D eigenvalue weighted by molar-refractivity contribution is 0.0489. The Kier molecular flexibility index (Phi) is 3.79. The van der Waals surface area contributed by atoms with Crippen LogP contribution in [0.25, 0.3) is 0 Å². The maximum absolute atomic E-state index is 9.23. The van der Waals surface area contributed by atoms with E-state index in [9.17, 15) is 5.11 Å². The third-order valence-corrected chi connectivity index (χ3v) is 3.50. The molecule has 0 fully saturated rings. The van der Waals surface area contributed by atoms with Crippen molar-refractivity contribution in [3.8, 4) is 5.75 Å². The third-order valence-electron chi connectivity index (χ3n) is 3.50. The summed E-state index contributed by atoms with van der Waals surface area (Å²) in [4.78, 5) is 4.46. The Morgan fingerprint density at radius 1 is 1.15 bits per heavy atom. The zero-order valence-electron chi connectivity index (χ0n) is 11.2. The van der Waals surface area contributed by atoms with Crippen LogP contribution in [0.3, 0.4) is 0 Å². The highest BCUT2D eigenvalue weighted by Gasteiger charge is 2.19. The predicted molar refractivity (Wildman–Crippen MR) is 79.4 cm³/mol. The Balaban J connectivity index is 1.69. The second-order valence-electron chi connectivity index (χ2n) is 4.89. The summed E-state index contributed by atoms with van der Waals surface area (Å²) in [6, 6.07) is 15.4. The minimum absolute atomic E-state index is 0.0494. The maximum Gasteiger partial charge on any atom is 0.115 e. The van der Waals surface area contributed by atoms with Gasteiger partial charge in [-0.1, -0.05) is 24.3 Å². The molecule has 0 amide bonds. The van der Waals surface area contributed by atoms with Crippen LogP contribution in [0.1, 0.15) is 22.8 Å². The summed E-state index contributed by atoms with van der Waals surface area (Å²) < 4.78 is 5.81. The fraction of sp³-hybridized carbons (Fsp3) is 0.235. The van der Waals surface area contributed by atoms with Gasteiger partial charge < -0.3 is 9.84 Å². The van der Waals surface area contributed by atoms with E-state index in [4.69, 9.17) is 4.74 Å². The van der Waals surface area contributed by atoms with Gasteiger partial charge in [0, 0.05) is 6.21 Å². The normalized spacial score (nSPS) is 18.1. The number of aromatic hydroxyl groups is 1. The van der Waals surface area contributed by atoms with E-state index in [2.05, 4.69) is 23.2 Å². The first-order chi connectivity index (χ1) is 9.83. The van der Waals surface area contributed by atoms with Crippen molar-refractivity contribution < 1.29 is 9.84 Å². The molecule has 1 heterocycles. The first-order valence-corrected chi connectivity index (χ1v) is 6.81. The van der Waals surface area contributed by atoms with Crippen LogP contribution in [0, 0.1) is 0 Å². The SMILES string of the molecule is Oc1ccc(C=NC[C@H]2OCCc3ccccc32)cc1. The Hall–Kier alpha value is -2.13. The van der Waals surface area contributed by atoms with Crippen LogP contribution in [0.5, 0.6) is 5.75 Å². The largest absolute Gasteiger partial charge is 0.508 e. The molecule has 3 heteroatoms. The van der Waals surface area contributed by atoms with E-state index < -0.39 is 0 Å². The molecule has 3 nitrogen and oxygen atoms in total. The van der Waals surface area contributed by atoms with Crippen molar-refractivity contribution in [3.63, 3.8) is 0 Å². The summed E-state index contributed by atoms with van der Waals surface area (Å²) in [6.45, 7) is 1.38. The van der Waals surface area contributed by atoms with Crippen molar-refractivity contribution in [2.75, 3.05) is 13.2 Å². The molecule has 1 aliphatic heterocycles. The first-order valence-electron chi connectivity index (χ1n) is 6.81. The maximum atomic E-state index is 9.23. The molecule has 0 saturated carbocycles. The summed E-state index contributed by atoms with van der Waals surface area (Å²) in [5.74, 6) is 0.270. The van der Waals surface area contributed by atoms with E-state index in [1.165, 1.54) is 11.1 Å². The van der Waals surface area contributed by atoms with Crippen LogP contribution >= 0.6 is 0 Å². The van der Waals surface area contributed by atoms with Crippen LogP contribution in [-0.2, 0) is 11.2 Å². The van der Waals surface area contributed by atoms with E-state index in [1.54, 1.807) is 12.1 Å². The van der Waals surface area contributed by atoms with E-state index in [-0.39, 0.29) is 11.9 Å². The lowest BCUT2D eigenvalue weighted by Crippen LogP contribution is -2.18. The number of hydrogen-bond acceptors (Lipinski definition) is 3. The van der Waals surface area contributed by atoms with Gasteiger partial charge in [0.1, 0.15) is 11.9 Å². The quantitative estimate of drug-likeness (QED) is 0.868. The Morgan fingerprint density at radius 3 is 2.80 bits per heavy atom. The molecule has 0 spiro atoms. The summed E-state index contributed by atoms with van der Waals surface area (Å²) >= 11 is 0. The molecule has 0 aliphatic carbocycles. The molecular weight excluding hydrogens is 250 g/mol. The Labute approximate surface area is 118 Å². The van der Waals surface area contributed by atoms with Crippen LogP contribution < -0.4 is 0 Å². The van der Waals surface area contributed by atoms with E-state index >= 15 is 0 Å². The second-order valence-corrected chi connectivity index (χ2v) is 4.89. The van der Waals surface area contributed by atoms with Gasteiger partial charge in [-0.25, -0.2) is 0 Å². The fourth-order valence-corrected chi connectivity index (χ4v) is 2.44. The van der Waals surface area contributed by atoms with E-state index in [0.717, 1.165) is 18.6 Å². The summed E-state index contributed by atoms with van der Waals surface area (Å²) in [6.07, 6.45) is 2.85. The lowest BCUT2D eigenvalue weighted by atomic mass is 9.98. The van der Waals surface area contributed by atoms with Crippen LogP contribution in [0.15, 0.2) is 53.5 Å². The molecule has 1 atom stereocenters. The molecule has 0 radical (unpaired) electrons. The van der Waals surface area contributed by atoms with Crippen molar-refractivity contribution in [2.24, 2.45) is 4.99 Å². The number of benzene rings is 2. The number of rotatable bonds is 3. The Bertz CT molecular complexity index is 605. The third kappa shape index (κ3) is 2.89. The Morgan fingerprint density at radius 2 is 1.95 bits per heavy atom. The van der Waals surface area contributed by atoms with Gasteiger partial charge in [-0.2, -0.15) is 0 Å². The molecule has 1 aliphatic rings. The monoisotopic (exact) mass is 267 g/mol. The number of nitrogens with zero attached hydrogens (tertiary/aromatic N) is 1. The standard InChI is InChI=1S/C17H17NO2/c19-15-7-5-13(6-8-15)11-18-12-17-16-4-2-1-3-14(16)9-10-20-17/h1-8,11,17,19H,9-10,12H2/t17-/m1/s1. The summed E-state index contributed by atoms with van der Waals surface area (Å²) in [5.41, 5.74) is 3.59. The van der Waals surface area contributed by atoms with Crippen LogP contribution in [0.2, 0.25) is 0 Å². The highest BCUT2D eigenvalue weighted by molar-refractivity contribution is 5.79. The minimum atomic E-state index is 0.0494. The predicted octanol–water partition coefficient (Wildman–Crippen LogP) is 3.13. The summed E-state index contributed by atoms with van der Waals surface area (Å²) in [7, 11) is 0. The molecule has 0 saturated heterocycles. The van der Waals surface area contributed by atoms with Crippen molar-refractivity contribution >= 4 is 6.21 Å². The topological polar surface area (TPSA) is 41.8 Å². The molecule has 0 bridgehead atoms. The zero-order chi connectivity index (χ0) is 13.8. The van der Waals surface area contributed by atoms with Gasteiger partial charge in [0.05, 0.1) is 13.2 Å². The number of ether oxygens (including phenoxy) is 1. The number of phenolic OH excluding ortho intramolecular Hbond substituents is 1. The minimum Gasteiger partial charge on any atom is -0.508 e. The van der Waals surface area contributed by atoms with Gasteiger partial charge in [0.25, 0.3) is 0 Å². The number of phenols is 1. The van der Waals surface area contributed by atoms with Crippen molar-refractivity contribution in [3.05, 3.63) is 65.2 Å². The fourth-order valence-electron chi connectivity index (χ4n) is 2.44. The van der Waals surface area contributed by atoms with Crippen LogP contribution in [-0.4, -0.2) is 24.5 Å². The van der Waals surface area contributed by atoms with Gasteiger partial charge in [0.2, 0.25) is 0 Å². The highest BCUT2D eigenvalue weighted by atomic mass is 16.5. The average molecular weight is 267 g/mol. The van der Waals surface area contributed by atoms with Gasteiger partial charge in [-0.15, -0.1) is 0 Å². The van der Waals surface area contributed by atoms with Crippen molar-refractivity contribution in [1.29, 1.82) is 0 Å². The summed E-state index contributed by atoms with van der Waals surface area (Å²) in [5, 5.41) is 9.23. The van der Waals surface area contributed by atoms with Gasteiger partial charge in [0.15, 0.2) is 0 Å². The molecule has 2 aromatic rings. The van der Waals surface area contributed by atoms with Crippen molar-refractivity contribution in [1.82, 2.24) is 0 Å². The van der Waals surface area contributed by atoms with Crippen molar-refractivity contribution in [2.45, 2.75) is 12.5 Å². The number of hydrogen-bond donors (Lipinski definition) is 1. The second kappa shape index (κ2) is 5.88. The molecule has 20 heavy (non-hydrogen) atoms. The van der Waals surface area contributed by atoms with Gasteiger partial charge in [-0.05, 0) is 47.4 Å². The molecule has 3 rings (SSSR count). The average Bonchev–Trinajstić information content (AvgIpc) is 2.49. The van der Waals surface area contributed by atoms with Gasteiger partial charge >= 0.3 is 0 Å². The molecule has 0 aromatic heterocycles. The van der Waals surface area contributed by atoms with E-state index in [0.29, 0.717) is 6.54 Å². The molecule has 0 unspecified atom stereocenters. The zero-order valence-corrected chi connectivity index (χ0v) is 11.2. The van der Waals surface area contributed by atoms with Gasteiger partial charge in [-0.3, -0.25) is 4.99 Å². The smallest absolute Gasteiger partial charge is 0.115 e. The molecular formula is C17H17NO2. The molecule has 102 valence electrons. The lowest BCUT2D eigenvalue weighted by Gasteiger charge is -2.24. The van der Waals surface area contributed by atoms with E-state index in [1.807, 2.05) is 24.4 Å². The first kappa shape index (κ1) is 12.9.